The van der Waals surface area contributed by atoms with E-state index in [1.54, 1.807) is 24.3 Å². The molecule has 1 aliphatic heterocycles. The van der Waals surface area contributed by atoms with Gasteiger partial charge in [0.15, 0.2) is 0 Å². The van der Waals surface area contributed by atoms with Crippen LogP contribution in [0.25, 0.3) is 0 Å². The molecule has 1 heterocycles. The average molecular weight is 268 g/mol. The Morgan fingerprint density at radius 2 is 2.22 bits per heavy atom. The Balaban J connectivity index is 1.83. The van der Waals surface area contributed by atoms with Crippen molar-refractivity contribution in [1.82, 2.24) is 10.2 Å². The number of anilines is 1. The molecule has 0 unspecified atom stereocenters. The van der Waals surface area contributed by atoms with Gasteiger partial charge in [0.25, 0.3) is 0 Å². The zero-order chi connectivity index (χ0) is 13.0. The molecule has 1 atom stereocenters. The van der Waals surface area contributed by atoms with Crippen molar-refractivity contribution in [2.24, 2.45) is 0 Å². The maximum atomic E-state index is 11.9. The van der Waals surface area contributed by atoms with Crippen LogP contribution in [0.1, 0.15) is 6.92 Å². The first-order chi connectivity index (χ1) is 8.63. The highest BCUT2D eigenvalue weighted by atomic mass is 35.5. The van der Waals surface area contributed by atoms with Gasteiger partial charge in [-0.05, 0) is 31.2 Å². The van der Waals surface area contributed by atoms with E-state index in [4.69, 9.17) is 11.6 Å². The predicted molar refractivity (Wildman–Crippen MR) is 74.0 cm³/mol. The normalized spacial score (nSPS) is 20.7. The number of carbonyl (C=O) groups excluding carboxylic acids is 1. The topological polar surface area (TPSA) is 44.4 Å². The number of nitrogens with one attached hydrogen (secondary N) is 2. The van der Waals surface area contributed by atoms with Gasteiger partial charge in [0.2, 0.25) is 5.91 Å². The third-order valence-corrected chi connectivity index (χ3v) is 3.20. The monoisotopic (exact) mass is 267 g/mol. The lowest BCUT2D eigenvalue weighted by Gasteiger charge is -2.31. The van der Waals surface area contributed by atoms with Gasteiger partial charge < -0.3 is 10.6 Å². The number of hydrogen-bond donors (Lipinski definition) is 2. The Hall–Kier alpha value is -1.10. The van der Waals surface area contributed by atoms with E-state index in [0.717, 1.165) is 25.3 Å². The third-order valence-electron chi connectivity index (χ3n) is 2.95. The summed E-state index contributed by atoms with van der Waals surface area (Å²) in [5, 5.41) is 6.89. The maximum Gasteiger partial charge on any atom is 0.238 e. The molecule has 0 aliphatic carbocycles. The molecular weight excluding hydrogens is 250 g/mol. The number of nitrogens with zero attached hydrogens (tertiary/aromatic N) is 1. The summed E-state index contributed by atoms with van der Waals surface area (Å²) in [6.45, 7) is 5.33. The summed E-state index contributed by atoms with van der Waals surface area (Å²) in [7, 11) is 0. The van der Waals surface area contributed by atoms with Crippen molar-refractivity contribution in [3.8, 4) is 0 Å². The summed E-state index contributed by atoms with van der Waals surface area (Å²) < 4.78 is 0. The smallest absolute Gasteiger partial charge is 0.238 e. The number of amides is 1. The number of rotatable bonds is 3. The van der Waals surface area contributed by atoms with Crippen molar-refractivity contribution in [3.63, 3.8) is 0 Å². The van der Waals surface area contributed by atoms with Crippen LogP contribution in [0.2, 0.25) is 5.02 Å². The zero-order valence-electron chi connectivity index (χ0n) is 10.4. The minimum atomic E-state index is 0.0198. The van der Waals surface area contributed by atoms with Gasteiger partial charge in [-0.1, -0.05) is 11.6 Å². The Labute approximate surface area is 112 Å². The summed E-state index contributed by atoms with van der Waals surface area (Å²) in [5.74, 6) is 0.0198. The standard InChI is InChI=1S/C13H18ClN3O/c1-10-8-17(7-6-15-10)9-13(18)16-12-4-2-11(14)3-5-12/h2-5,10,15H,6-9H2,1H3,(H,16,18)/t10-/m0/s1. The molecule has 1 aromatic rings. The molecule has 4 nitrogen and oxygen atoms in total. The fourth-order valence-corrected chi connectivity index (χ4v) is 2.22. The van der Waals surface area contributed by atoms with Crippen LogP contribution in [0.3, 0.4) is 0 Å². The summed E-state index contributed by atoms with van der Waals surface area (Å²) in [5.41, 5.74) is 0.785. The van der Waals surface area contributed by atoms with Crippen molar-refractivity contribution in [2.45, 2.75) is 13.0 Å². The quantitative estimate of drug-likeness (QED) is 0.874. The van der Waals surface area contributed by atoms with E-state index in [0.29, 0.717) is 17.6 Å². The van der Waals surface area contributed by atoms with Crippen LogP contribution in [-0.2, 0) is 4.79 Å². The van der Waals surface area contributed by atoms with Crippen molar-refractivity contribution in [3.05, 3.63) is 29.3 Å². The summed E-state index contributed by atoms with van der Waals surface area (Å²) in [6, 6.07) is 7.59. The molecule has 0 bridgehead atoms. The first kappa shape index (κ1) is 13.3. The van der Waals surface area contributed by atoms with Crippen molar-refractivity contribution >= 4 is 23.2 Å². The van der Waals surface area contributed by atoms with Crippen molar-refractivity contribution in [2.75, 3.05) is 31.5 Å². The molecule has 0 spiro atoms. The van der Waals surface area contributed by atoms with E-state index in [1.807, 2.05) is 0 Å². The van der Waals surface area contributed by atoms with E-state index in [-0.39, 0.29) is 5.91 Å². The molecule has 0 aromatic heterocycles. The second-order valence-corrected chi connectivity index (χ2v) is 5.08. The van der Waals surface area contributed by atoms with E-state index in [1.165, 1.54) is 0 Å². The van der Waals surface area contributed by atoms with Gasteiger partial charge in [0.1, 0.15) is 0 Å². The molecule has 1 aliphatic rings. The lowest BCUT2D eigenvalue weighted by Crippen LogP contribution is -2.51. The molecule has 2 N–H and O–H groups in total. The van der Waals surface area contributed by atoms with Gasteiger partial charge in [-0.25, -0.2) is 0 Å². The van der Waals surface area contributed by atoms with Gasteiger partial charge in [-0.15, -0.1) is 0 Å². The lowest BCUT2D eigenvalue weighted by atomic mass is 10.2. The highest BCUT2D eigenvalue weighted by molar-refractivity contribution is 6.30. The van der Waals surface area contributed by atoms with E-state index >= 15 is 0 Å². The van der Waals surface area contributed by atoms with E-state index in [9.17, 15) is 4.79 Å². The molecule has 0 saturated carbocycles. The van der Waals surface area contributed by atoms with Gasteiger partial charge in [-0.3, -0.25) is 9.69 Å². The maximum absolute atomic E-state index is 11.9. The SMILES string of the molecule is C[C@H]1CN(CC(=O)Nc2ccc(Cl)cc2)CCN1. The molecule has 1 saturated heterocycles. The molecule has 0 radical (unpaired) electrons. The van der Waals surface area contributed by atoms with Crippen LogP contribution in [0.4, 0.5) is 5.69 Å². The number of benzene rings is 1. The minimum absolute atomic E-state index is 0.0198. The molecule has 5 heteroatoms. The highest BCUT2D eigenvalue weighted by Crippen LogP contribution is 2.13. The zero-order valence-corrected chi connectivity index (χ0v) is 11.2. The minimum Gasteiger partial charge on any atom is -0.325 e. The Kier molecular flexibility index (Phi) is 4.58. The van der Waals surface area contributed by atoms with Gasteiger partial charge in [-0.2, -0.15) is 0 Å². The molecule has 1 aromatic carbocycles. The second kappa shape index (κ2) is 6.18. The van der Waals surface area contributed by atoms with Gasteiger partial charge in [0, 0.05) is 36.4 Å². The number of hydrogen-bond acceptors (Lipinski definition) is 3. The number of halogens is 1. The Morgan fingerprint density at radius 1 is 1.50 bits per heavy atom. The molecule has 18 heavy (non-hydrogen) atoms. The largest absolute Gasteiger partial charge is 0.325 e. The third kappa shape index (κ3) is 3.98. The lowest BCUT2D eigenvalue weighted by molar-refractivity contribution is -0.117. The van der Waals surface area contributed by atoms with Crippen LogP contribution in [0.15, 0.2) is 24.3 Å². The van der Waals surface area contributed by atoms with E-state index < -0.39 is 0 Å². The Bertz CT molecular complexity index is 407. The first-order valence-electron chi connectivity index (χ1n) is 6.14. The predicted octanol–water partition coefficient (Wildman–Crippen LogP) is 1.57. The average Bonchev–Trinajstić information content (AvgIpc) is 2.32. The number of carbonyl (C=O) groups is 1. The molecule has 98 valence electrons. The number of piperazine rings is 1. The van der Waals surface area contributed by atoms with Crippen LogP contribution >= 0.6 is 11.6 Å². The molecular formula is C13H18ClN3O. The van der Waals surface area contributed by atoms with Crippen LogP contribution in [-0.4, -0.2) is 43.0 Å². The summed E-state index contributed by atoms with van der Waals surface area (Å²) in [4.78, 5) is 14.0. The van der Waals surface area contributed by atoms with Crippen LogP contribution < -0.4 is 10.6 Å². The highest BCUT2D eigenvalue weighted by Gasteiger charge is 2.17. The summed E-state index contributed by atoms with van der Waals surface area (Å²) >= 11 is 5.79. The molecule has 1 amide bonds. The van der Waals surface area contributed by atoms with E-state index in [2.05, 4.69) is 22.5 Å². The van der Waals surface area contributed by atoms with Gasteiger partial charge >= 0.3 is 0 Å². The fourth-order valence-electron chi connectivity index (χ4n) is 2.09. The summed E-state index contributed by atoms with van der Waals surface area (Å²) in [6.07, 6.45) is 0. The molecule has 1 fully saturated rings. The fraction of sp³-hybridized carbons (Fsp3) is 0.462. The first-order valence-corrected chi connectivity index (χ1v) is 6.52. The van der Waals surface area contributed by atoms with Crippen molar-refractivity contribution in [1.29, 1.82) is 0 Å². The van der Waals surface area contributed by atoms with Crippen LogP contribution in [0.5, 0.6) is 0 Å². The van der Waals surface area contributed by atoms with Crippen molar-refractivity contribution < 1.29 is 4.79 Å². The second-order valence-electron chi connectivity index (χ2n) is 4.65. The Morgan fingerprint density at radius 3 is 2.89 bits per heavy atom. The van der Waals surface area contributed by atoms with Crippen LogP contribution in [0, 0.1) is 0 Å². The molecule has 2 rings (SSSR count). The van der Waals surface area contributed by atoms with Gasteiger partial charge in [0.05, 0.1) is 6.54 Å².